The number of hydrogen-bond acceptors (Lipinski definition) is 4. The lowest BCUT2D eigenvalue weighted by Gasteiger charge is -2.07. The molecule has 0 aliphatic carbocycles. The van der Waals surface area contributed by atoms with Crippen molar-refractivity contribution in [3.63, 3.8) is 0 Å². The van der Waals surface area contributed by atoms with Gasteiger partial charge in [0.1, 0.15) is 0 Å². The maximum absolute atomic E-state index is 5.54. The molecule has 1 aromatic heterocycles. The number of aromatic nitrogens is 1. The van der Waals surface area contributed by atoms with Crippen molar-refractivity contribution in [2.45, 2.75) is 6.61 Å². The van der Waals surface area contributed by atoms with Crippen LogP contribution in [0.3, 0.4) is 0 Å². The quantitative estimate of drug-likeness (QED) is 0.940. The number of rotatable bonds is 3. The molecule has 16 heavy (non-hydrogen) atoms. The SMILES string of the molecule is COCc1cccc(Br)c1-c1cc(N)no1. The first-order valence-corrected chi connectivity index (χ1v) is 5.50. The molecule has 0 bridgehead atoms. The summed E-state index contributed by atoms with van der Waals surface area (Å²) in [6, 6.07) is 7.55. The molecule has 84 valence electrons. The molecule has 2 N–H and O–H groups in total. The number of nitrogens with two attached hydrogens (primary N) is 1. The zero-order chi connectivity index (χ0) is 11.5. The molecular weight excluding hydrogens is 272 g/mol. The van der Waals surface area contributed by atoms with Gasteiger partial charge >= 0.3 is 0 Å². The highest BCUT2D eigenvalue weighted by molar-refractivity contribution is 9.10. The summed E-state index contributed by atoms with van der Waals surface area (Å²) < 4.78 is 11.2. The molecule has 0 aliphatic heterocycles. The number of benzene rings is 1. The second-order valence-electron chi connectivity index (χ2n) is 3.32. The van der Waals surface area contributed by atoms with Gasteiger partial charge < -0.3 is 15.0 Å². The monoisotopic (exact) mass is 282 g/mol. The summed E-state index contributed by atoms with van der Waals surface area (Å²) in [6.45, 7) is 0.509. The first kappa shape index (κ1) is 11.2. The van der Waals surface area contributed by atoms with Crippen molar-refractivity contribution in [1.82, 2.24) is 5.16 Å². The molecule has 2 aromatic rings. The van der Waals surface area contributed by atoms with Crippen LogP contribution >= 0.6 is 15.9 Å². The first-order valence-electron chi connectivity index (χ1n) is 4.71. The van der Waals surface area contributed by atoms with Crippen molar-refractivity contribution in [3.05, 3.63) is 34.3 Å². The van der Waals surface area contributed by atoms with Crippen LogP contribution in [0.15, 0.2) is 33.3 Å². The van der Waals surface area contributed by atoms with Crippen molar-refractivity contribution in [2.75, 3.05) is 12.8 Å². The summed E-state index contributed by atoms with van der Waals surface area (Å²) in [5.74, 6) is 1.01. The molecule has 2 rings (SSSR count). The molecule has 0 amide bonds. The minimum atomic E-state index is 0.370. The van der Waals surface area contributed by atoms with Gasteiger partial charge in [-0.3, -0.25) is 0 Å². The molecule has 0 saturated heterocycles. The average Bonchev–Trinajstić information content (AvgIpc) is 2.65. The van der Waals surface area contributed by atoms with Gasteiger partial charge in [-0.15, -0.1) is 0 Å². The first-order chi connectivity index (χ1) is 7.72. The molecule has 4 nitrogen and oxygen atoms in total. The number of nitrogen functional groups attached to an aromatic ring is 1. The van der Waals surface area contributed by atoms with Crippen molar-refractivity contribution in [1.29, 1.82) is 0 Å². The summed E-state index contributed by atoms with van der Waals surface area (Å²) in [4.78, 5) is 0. The third kappa shape index (κ3) is 2.10. The van der Waals surface area contributed by atoms with Gasteiger partial charge in [0.2, 0.25) is 0 Å². The van der Waals surface area contributed by atoms with E-state index in [-0.39, 0.29) is 0 Å². The maximum atomic E-state index is 5.54. The van der Waals surface area contributed by atoms with E-state index < -0.39 is 0 Å². The summed E-state index contributed by atoms with van der Waals surface area (Å²) >= 11 is 3.48. The van der Waals surface area contributed by atoms with Crippen LogP contribution in [-0.4, -0.2) is 12.3 Å². The Morgan fingerprint density at radius 2 is 2.31 bits per heavy atom. The number of methoxy groups -OCH3 is 1. The van der Waals surface area contributed by atoms with Gasteiger partial charge in [0.05, 0.1) is 6.61 Å². The number of ether oxygens (including phenoxy) is 1. The fourth-order valence-corrected chi connectivity index (χ4v) is 2.13. The average molecular weight is 283 g/mol. The highest BCUT2D eigenvalue weighted by Gasteiger charge is 2.13. The number of halogens is 1. The van der Waals surface area contributed by atoms with E-state index in [9.17, 15) is 0 Å². The van der Waals surface area contributed by atoms with E-state index in [1.54, 1.807) is 13.2 Å². The maximum Gasteiger partial charge on any atom is 0.170 e. The summed E-state index contributed by atoms with van der Waals surface area (Å²) in [7, 11) is 1.65. The number of hydrogen-bond donors (Lipinski definition) is 1. The second-order valence-corrected chi connectivity index (χ2v) is 4.18. The van der Waals surface area contributed by atoms with Gasteiger partial charge in [-0.25, -0.2) is 0 Å². The molecule has 5 heteroatoms. The molecule has 0 saturated carbocycles. The Labute approximate surface area is 102 Å². The molecule has 0 fully saturated rings. The van der Waals surface area contributed by atoms with Crippen molar-refractivity contribution in [3.8, 4) is 11.3 Å². The Morgan fingerprint density at radius 1 is 1.50 bits per heavy atom. The van der Waals surface area contributed by atoms with Crippen LogP contribution in [0.4, 0.5) is 5.82 Å². The van der Waals surface area contributed by atoms with Crippen LogP contribution in [0.2, 0.25) is 0 Å². The Kier molecular flexibility index (Phi) is 3.26. The lowest BCUT2D eigenvalue weighted by atomic mass is 10.1. The van der Waals surface area contributed by atoms with Crippen LogP contribution in [0.5, 0.6) is 0 Å². The lowest BCUT2D eigenvalue weighted by molar-refractivity contribution is 0.185. The topological polar surface area (TPSA) is 61.3 Å². The lowest BCUT2D eigenvalue weighted by Crippen LogP contribution is -1.92. The molecule has 0 unspecified atom stereocenters. The van der Waals surface area contributed by atoms with E-state index in [2.05, 4.69) is 21.1 Å². The Balaban J connectivity index is 2.53. The zero-order valence-electron chi connectivity index (χ0n) is 8.74. The van der Waals surface area contributed by atoms with Crippen LogP contribution in [-0.2, 0) is 11.3 Å². The van der Waals surface area contributed by atoms with Crippen molar-refractivity contribution in [2.24, 2.45) is 0 Å². The second kappa shape index (κ2) is 4.67. The summed E-state index contributed by atoms with van der Waals surface area (Å²) in [5.41, 5.74) is 7.48. The Bertz CT molecular complexity index is 496. The van der Waals surface area contributed by atoms with Crippen LogP contribution in [0.1, 0.15) is 5.56 Å². The minimum absolute atomic E-state index is 0.370. The van der Waals surface area contributed by atoms with E-state index >= 15 is 0 Å². The standard InChI is InChI=1S/C11H11BrN2O2/c1-15-6-7-3-2-4-8(12)11(7)9-5-10(13)14-16-9/h2-5H,6H2,1H3,(H2,13,14). The highest BCUT2D eigenvalue weighted by Crippen LogP contribution is 2.32. The third-order valence-corrected chi connectivity index (χ3v) is 2.84. The number of nitrogens with zero attached hydrogens (tertiary/aromatic N) is 1. The van der Waals surface area contributed by atoms with Gasteiger partial charge in [-0.05, 0) is 11.6 Å². The Hall–Kier alpha value is -1.33. The van der Waals surface area contributed by atoms with E-state index in [1.165, 1.54) is 0 Å². The molecule has 1 aromatic carbocycles. The summed E-state index contributed by atoms with van der Waals surface area (Å²) in [5, 5.41) is 3.68. The zero-order valence-corrected chi connectivity index (χ0v) is 10.3. The van der Waals surface area contributed by atoms with Crippen LogP contribution < -0.4 is 5.73 Å². The molecule has 0 spiro atoms. The van der Waals surface area contributed by atoms with Crippen molar-refractivity contribution < 1.29 is 9.26 Å². The molecule has 0 radical (unpaired) electrons. The van der Waals surface area contributed by atoms with Gasteiger partial charge in [-0.1, -0.05) is 33.2 Å². The van der Waals surface area contributed by atoms with Crippen LogP contribution in [0.25, 0.3) is 11.3 Å². The van der Waals surface area contributed by atoms with Gasteiger partial charge in [0, 0.05) is 23.2 Å². The van der Waals surface area contributed by atoms with Gasteiger partial charge in [-0.2, -0.15) is 0 Å². The third-order valence-electron chi connectivity index (χ3n) is 2.17. The number of anilines is 1. The van der Waals surface area contributed by atoms with E-state index in [0.717, 1.165) is 15.6 Å². The predicted octanol–water partition coefficient (Wildman–Crippen LogP) is 2.83. The predicted molar refractivity (Wildman–Crippen MR) is 64.8 cm³/mol. The minimum Gasteiger partial charge on any atom is -0.381 e. The molecule has 0 aliphatic rings. The van der Waals surface area contributed by atoms with E-state index in [4.69, 9.17) is 15.0 Å². The fourth-order valence-electron chi connectivity index (χ4n) is 1.53. The fraction of sp³-hybridized carbons (Fsp3) is 0.182. The van der Waals surface area contributed by atoms with Crippen molar-refractivity contribution >= 4 is 21.7 Å². The molecular formula is C11H11BrN2O2. The normalized spacial score (nSPS) is 10.6. The van der Waals surface area contributed by atoms with E-state index in [0.29, 0.717) is 18.2 Å². The molecule has 1 heterocycles. The van der Waals surface area contributed by atoms with Crippen LogP contribution in [0, 0.1) is 0 Å². The largest absolute Gasteiger partial charge is 0.381 e. The summed E-state index contributed by atoms with van der Waals surface area (Å²) in [6.07, 6.45) is 0. The molecule has 0 atom stereocenters. The van der Waals surface area contributed by atoms with Gasteiger partial charge in [0.25, 0.3) is 0 Å². The van der Waals surface area contributed by atoms with Gasteiger partial charge in [0.15, 0.2) is 11.6 Å². The van der Waals surface area contributed by atoms with E-state index in [1.807, 2.05) is 18.2 Å². The highest BCUT2D eigenvalue weighted by atomic mass is 79.9. The Morgan fingerprint density at radius 3 is 2.94 bits per heavy atom. The smallest absolute Gasteiger partial charge is 0.170 e.